The van der Waals surface area contributed by atoms with Crippen LogP contribution in [0.2, 0.25) is 0 Å². The Labute approximate surface area is 92.9 Å². The second-order valence-electron chi connectivity index (χ2n) is 2.52. The molecule has 0 aliphatic rings. The van der Waals surface area contributed by atoms with E-state index in [1.165, 1.54) is 0 Å². The number of aromatic nitrogens is 2. The molecule has 1 rings (SSSR count). The zero-order valence-corrected chi connectivity index (χ0v) is 10.1. The Morgan fingerprint density at radius 2 is 2.31 bits per heavy atom. The monoisotopic (exact) mass is 264 g/mol. The van der Waals surface area contributed by atoms with Crippen LogP contribution >= 0.6 is 11.8 Å². The maximum Gasteiger partial charge on any atom is 0.323 e. The first-order valence-corrected chi connectivity index (χ1v) is 5.03. The van der Waals surface area contributed by atoms with Crippen LogP contribution in [0.3, 0.4) is 0 Å². The van der Waals surface area contributed by atoms with Crippen LogP contribution in [0, 0.1) is 0 Å². The summed E-state index contributed by atoms with van der Waals surface area (Å²) in [6, 6.07) is 0. The van der Waals surface area contributed by atoms with Crippen molar-refractivity contribution in [3.63, 3.8) is 0 Å². The molecule has 0 aromatic carbocycles. The first-order chi connectivity index (χ1) is 5.74. The van der Waals surface area contributed by atoms with Crippen molar-refractivity contribution >= 4 is 17.7 Å². The van der Waals surface area contributed by atoms with Gasteiger partial charge < -0.3 is 17.0 Å². The lowest BCUT2D eigenvalue weighted by atomic mass is 10.7. The van der Waals surface area contributed by atoms with Crippen molar-refractivity contribution in [3.8, 4) is 0 Å². The molecule has 74 valence electrons. The topological polar surface area (TPSA) is 25.9 Å². The van der Waals surface area contributed by atoms with Crippen molar-refractivity contribution in [2.24, 2.45) is 7.05 Å². The number of carbonyl (C=O) groups is 1. The van der Waals surface area contributed by atoms with Gasteiger partial charge in [0.05, 0.1) is 12.8 Å². The number of imidazole rings is 1. The summed E-state index contributed by atoms with van der Waals surface area (Å²) in [4.78, 5) is 11.3. The van der Waals surface area contributed by atoms with Gasteiger partial charge in [0.25, 0.3) is 6.33 Å². The van der Waals surface area contributed by atoms with E-state index in [-0.39, 0.29) is 22.9 Å². The first kappa shape index (κ1) is 12.7. The molecule has 0 atom stereocenters. The van der Waals surface area contributed by atoms with E-state index < -0.39 is 0 Å². The lowest BCUT2D eigenvalue weighted by Crippen LogP contribution is -3.00. The van der Waals surface area contributed by atoms with Crippen LogP contribution in [0.25, 0.3) is 0 Å². The molecule has 0 N–H and O–H groups in total. The Balaban J connectivity index is 0.00000144. The van der Waals surface area contributed by atoms with Gasteiger partial charge in [0.1, 0.15) is 12.4 Å². The Bertz CT molecular complexity index is 275. The molecule has 1 aromatic rings. The Kier molecular flexibility index (Phi) is 6.07. The van der Waals surface area contributed by atoms with Gasteiger partial charge in [-0.1, -0.05) is 6.92 Å². The molecular weight excluding hydrogens is 252 g/mol. The maximum atomic E-state index is 11.3. The second kappa shape index (κ2) is 6.21. The third kappa shape index (κ3) is 3.95. The Morgan fingerprint density at radius 3 is 2.77 bits per heavy atom. The van der Waals surface area contributed by atoms with Crippen LogP contribution in [-0.4, -0.2) is 22.0 Å². The van der Waals surface area contributed by atoms with E-state index in [2.05, 4.69) is 0 Å². The summed E-state index contributed by atoms with van der Waals surface area (Å²) in [7, 11) is 1.90. The van der Waals surface area contributed by atoms with Gasteiger partial charge in [0.15, 0.2) is 0 Å². The summed E-state index contributed by atoms with van der Waals surface area (Å²) in [6.07, 6.45) is 5.41. The molecule has 0 saturated heterocycles. The second-order valence-corrected chi connectivity index (χ2v) is 3.79. The zero-order chi connectivity index (χ0) is 8.97. The minimum absolute atomic E-state index is 0. The molecule has 1 aromatic heterocycles. The van der Waals surface area contributed by atoms with Gasteiger partial charge in [0, 0.05) is 0 Å². The lowest BCUT2D eigenvalue weighted by Gasteiger charge is -1.92. The maximum absolute atomic E-state index is 11.3. The van der Waals surface area contributed by atoms with E-state index in [0.29, 0.717) is 5.75 Å². The van der Waals surface area contributed by atoms with E-state index in [0.717, 1.165) is 5.75 Å². The number of carbonyl (C=O) groups excluding carboxylic acids is 1. The largest absolute Gasteiger partial charge is 1.00 e. The summed E-state index contributed by atoms with van der Waals surface area (Å²) in [6.45, 7) is 2.05. The molecule has 13 heavy (non-hydrogen) atoms. The Hall–Kier alpha value is -0.290. The molecule has 5 heteroatoms. The summed E-state index contributed by atoms with van der Waals surface area (Å²) in [5.74, 6) is 1.69. The lowest BCUT2D eigenvalue weighted by molar-refractivity contribution is -0.670. The molecule has 3 nitrogen and oxygen atoms in total. The van der Waals surface area contributed by atoms with Gasteiger partial charge in [-0.25, -0.2) is 9.36 Å². The number of halogens is 1. The third-order valence-electron chi connectivity index (χ3n) is 1.49. The van der Waals surface area contributed by atoms with Crippen LogP contribution in [0.1, 0.15) is 11.7 Å². The summed E-state index contributed by atoms with van der Waals surface area (Å²) >= 11 is 1.64. The van der Waals surface area contributed by atoms with Gasteiger partial charge in [-0.05, 0) is 5.75 Å². The summed E-state index contributed by atoms with van der Waals surface area (Å²) in [5.41, 5.74) is 0. The highest BCUT2D eigenvalue weighted by molar-refractivity contribution is 7.99. The molecular formula is C8H13BrN2OS. The molecule has 0 saturated carbocycles. The quantitative estimate of drug-likeness (QED) is 0.575. The zero-order valence-electron chi connectivity index (χ0n) is 7.74. The van der Waals surface area contributed by atoms with E-state index in [4.69, 9.17) is 0 Å². The van der Waals surface area contributed by atoms with E-state index >= 15 is 0 Å². The third-order valence-corrected chi connectivity index (χ3v) is 2.35. The van der Waals surface area contributed by atoms with Crippen LogP contribution in [0.15, 0.2) is 18.7 Å². The minimum Gasteiger partial charge on any atom is -1.00 e. The van der Waals surface area contributed by atoms with Crippen LogP contribution in [0.5, 0.6) is 0 Å². The van der Waals surface area contributed by atoms with E-state index in [1.54, 1.807) is 28.9 Å². The van der Waals surface area contributed by atoms with Crippen LogP contribution in [0.4, 0.5) is 0 Å². The molecule has 0 spiro atoms. The predicted octanol–water partition coefficient (Wildman–Crippen LogP) is -2.29. The van der Waals surface area contributed by atoms with Crippen molar-refractivity contribution in [2.45, 2.75) is 6.92 Å². The fourth-order valence-corrected chi connectivity index (χ4v) is 1.39. The average molecular weight is 265 g/mol. The number of hydrogen-bond acceptors (Lipinski definition) is 2. The molecule has 0 radical (unpaired) electrons. The van der Waals surface area contributed by atoms with Crippen molar-refractivity contribution < 1.29 is 26.3 Å². The molecule has 1 heterocycles. The van der Waals surface area contributed by atoms with Crippen LogP contribution < -0.4 is 21.5 Å². The number of aryl methyl sites for hydroxylation is 1. The van der Waals surface area contributed by atoms with E-state index in [1.807, 2.05) is 24.7 Å². The van der Waals surface area contributed by atoms with Crippen molar-refractivity contribution in [1.82, 2.24) is 4.57 Å². The van der Waals surface area contributed by atoms with E-state index in [9.17, 15) is 4.79 Å². The highest BCUT2D eigenvalue weighted by Crippen LogP contribution is 1.99. The van der Waals surface area contributed by atoms with Gasteiger partial charge in [0.2, 0.25) is 0 Å². The molecule has 0 aliphatic heterocycles. The summed E-state index contributed by atoms with van der Waals surface area (Å²) < 4.78 is 3.47. The first-order valence-electron chi connectivity index (χ1n) is 3.88. The van der Waals surface area contributed by atoms with Gasteiger partial charge in [-0.15, -0.1) is 11.8 Å². The number of hydrogen-bond donors (Lipinski definition) is 0. The van der Waals surface area contributed by atoms with Crippen molar-refractivity contribution in [3.05, 3.63) is 18.7 Å². The minimum atomic E-state index is 0. The SMILES string of the molecule is CCSCC(=O)n1cc[n+](C)c1.[Br-]. The fourth-order valence-electron chi connectivity index (χ4n) is 0.862. The molecule has 0 amide bonds. The average Bonchev–Trinajstić information content (AvgIpc) is 2.47. The van der Waals surface area contributed by atoms with Crippen LogP contribution in [-0.2, 0) is 7.05 Å². The molecule has 0 unspecified atom stereocenters. The smallest absolute Gasteiger partial charge is 0.323 e. The molecule has 0 fully saturated rings. The van der Waals surface area contributed by atoms with Gasteiger partial charge >= 0.3 is 5.91 Å². The molecule has 0 aliphatic carbocycles. The molecule has 0 bridgehead atoms. The highest BCUT2D eigenvalue weighted by Gasteiger charge is 2.10. The summed E-state index contributed by atoms with van der Waals surface area (Å²) in [5, 5.41) is 0. The van der Waals surface area contributed by atoms with Gasteiger partial charge in [-0.3, -0.25) is 0 Å². The normalized spacial score (nSPS) is 9.38. The number of rotatable bonds is 3. The Morgan fingerprint density at radius 1 is 1.62 bits per heavy atom. The van der Waals surface area contributed by atoms with Crippen molar-refractivity contribution in [2.75, 3.05) is 11.5 Å². The standard InChI is InChI=1S/C8H13N2OS.BrH/c1-3-12-6-8(11)10-5-4-9(2)7-10;/h4-5,7H,3,6H2,1-2H3;1H/q+1;/p-1. The predicted molar refractivity (Wildman–Crippen MR) is 49.2 cm³/mol. The highest BCUT2D eigenvalue weighted by atomic mass is 79.9. The number of nitrogens with zero attached hydrogens (tertiary/aromatic N) is 2. The number of thioether (sulfide) groups is 1. The van der Waals surface area contributed by atoms with Crippen molar-refractivity contribution in [1.29, 1.82) is 0 Å². The fraction of sp³-hybridized carbons (Fsp3) is 0.500. The van der Waals surface area contributed by atoms with Gasteiger partial charge in [-0.2, -0.15) is 4.57 Å².